The van der Waals surface area contributed by atoms with Crippen LogP contribution in [0.2, 0.25) is 0 Å². The molecule has 0 fully saturated rings. The van der Waals surface area contributed by atoms with Crippen molar-refractivity contribution < 1.29 is 9.90 Å². The molecular weight excluding hydrogens is 270 g/mol. The summed E-state index contributed by atoms with van der Waals surface area (Å²) in [4.78, 5) is 10.8. The summed E-state index contributed by atoms with van der Waals surface area (Å²) in [5, 5.41) is 12.2. The lowest BCUT2D eigenvalue weighted by atomic mass is 10.1. The van der Waals surface area contributed by atoms with Gasteiger partial charge in [0.2, 0.25) is 0 Å². The van der Waals surface area contributed by atoms with Crippen LogP contribution in [0.15, 0.2) is 22.7 Å². The lowest BCUT2D eigenvalue weighted by Gasteiger charge is -2.17. The van der Waals surface area contributed by atoms with E-state index in [1.807, 2.05) is 0 Å². The van der Waals surface area contributed by atoms with E-state index in [1.165, 1.54) is 0 Å². The molecule has 16 heavy (non-hydrogen) atoms. The molecule has 1 aromatic carbocycles. The average molecular weight is 286 g/mol. The maximum Gasteiger partial charge on any atom is 0.335 e. The van der Waals surface area contributed by atoms with Gasteiger partial charge in [-0.05, 0) is 47.0 Å². The van der Waals surface area contributed by atoms with Crippen LogP contribution in [-0.4, -0.2) is 17.1 Å². The maximum absolute atomic E-state index is 10.8. The molecule has 0 saturated carbocycles. The summed E-state index contributed by atoms with van der Waals surface area (Å²) in [5.74, 6) is -0.908. The first-order valence-electron chi connectivity index (χ1n) is 5.37. The molecule has 3 nitrogen and oxygen atoms in total. The van der Waals surface area contributed by atoms with Crippen molar-refractivity contribution >= 4 is 27.6 Å². The second kappa shape index (κ2) is 5.89. The Morgan fingerprint density at radius 2 is 2.06 bits per heavy atom. The Labute approximate surface area is 104 Å². The van der Waals surface area contributed by atoms with Gasteiger partial charge in [0.25, 0.3) is 0 Å². The molecule has 0 unspecified atom stereocenters. The van der Waals surface area contributed by atoms with Crippen molar-refractivity contribution in [2.45, 2.75) is 32.7 Å². The number of aromatic carboxylic acids is 1. The molecule has 0 saturated heterocycles. The standard InChI is InChI=1S/C12H16BrNO2/c1-3-9(4-2)14-11-6-5-8(12(15)16)7-10(11)13/h5-7,9,14H,3-4H2,1-2H3,(H,15,16). The van der Waals surface area contributed by atoms with Gasteiger partial charge in [-0.2, -0.15) is 0 Å². The molecule has 0 aromatic heterocycles. The van der Waals surface area contributed by atoms with E-state index in [1.54, 1.807) is 18.2 Å². The molecule has 0 aliphatic rings. The van der Waals surface area contributed by atoms with Crippen molar-refractivity contribution in [1.82, 2.24) is 0 Å². The Kier molecular flexibility index (Phi) is 4.80. The molecule has 0 heterocycles. The number of carboxylic acids is 1. The zero-order chi connectivity index (χ0) is 12.1. The van der Waals surface area contributed by atoms with Crippen LogP contribution in [0.25, 0.3) is 0 Å². The smallest absolute Gasteiger partial charge is 0.335 e. The minimum absolute atomic E-state index is 0.293. The van der Waals surface area contributed by atoms with Crippen molar-refractivity contribution in [1.29, 1.82) is 0 Å². The first-order chi connectivity index (χ1) is 7.58. The number of carboxylic acid groups (broad SMARTS) is 1. The predicted molar refractivity (Wildman–Crippen MR) is 69.1 cm³/mol. The highest BCUT2D eigenvalue weighted by molar-refractivity contribution is 9.10. The number of hydrogen-bond acceptors (Lipinski definition) is 2. The SMILES string of the molecule is CCC(CC)Nc1ccc(C(=O)O)cc1Br. The highest BCUT2D eigenvalue weighted by Gasteiger charge is 2.09. The van der Waals surface area contributed by atoms with Gasteiger partial charge in [0.1, 0.15) is 0 Å². The molecule has 0 aliphatic carbocycles. The molecule has 0 radical (unpaired) electrons. The van der Waals surface area contributed by atoms with Crippen LogP contribution in [0.3, 0.4) is 0 Å². The Hall–Kier alpha value is -1.03. The molecule has 1 rings (SSSR count). The van der Waals surface area contributed by atoms with Crippen LogP contribution in [-0.2, 0) is 0 Å². The highest BCUT2D eigenvalue weighted by atomic mass is 79.9. The van der Waals surface area contributed by atoms with E-state index in [2.05, 4.69) is 35.1 Å². The van der Waals surface area contributed by atoms with Gasteiger partial charge in [0, 0.05) is 16.2 Å². The number of halogens is 1. The van der Waals surface area contributed by atoms with E-state index < -0.39 is 5.97 Å². The first kappa shape index (κ1) is 13.0. The number of hydrogen-bond donors (Lipinski definition) is 2. The van der Waals surface area contributed by atoms with Crippen LogP contribution < -0.4 is 5.32 Å². The predicted octanol–water partition coefficient (Wildman–Crippen LogP) is 3.75. The van der Waals surface area contributed by atoms with Crippen molar-refractivity contribution in [3.05, 3.63) is 28.2 Å². The number of carbonyl (C=O) groups is 1. The van der Waals surface area contributed by atoms with Gasteiger partial charge in [-0.3, -0.25) is 0 Å². The van der Waals surface area contributed by atoms with E-state index in [0.717, 1.165) is 23.0 Å². The lowest BCUT2D eigenvalue weighted by molar-refractivity contribution is 0.0697. The van der Waals surface area contributed by atoms with Crippen LogP contribution in [0, 0.1) is 0 Å². The molecule has 0 spiro atoms. The van der Waals surface area contributed by atoms with E-state index in [0.29, 0.717) is 11.6 Å². The minimum Gasteiger partial charge on any atom is -0.478 e. The fourth-order valence-electron chi connectivity index (χ4n) is 1.48. The Balaban J connectivity index is 2.86. The van der Waals surface area contributed by atoms with Gasteiger partial charge >= 0.3 is 5.97 Å². The average Bonchev–Trinajstić information content (AvgIpc) is 2.27. The molecule has 88 valence electrons. The zero-order valence-corrected chi connectivity index (χ0v) is 11.0. The van der Waals surface area contributed by atoms with Gasteiger partial charge in [-0.25, -0.2) is 4.79 Å². The maximum atomic E-state index is 10.8. The van der Waals surface area contributed by atoms with Gasteiger partial charge in [0.05, 0.1) is 5.56 Å². The van der Waals surface area contributed by atoms with Crippen molar-refractivity contribution in [3.63, 3.8) is 0 Å². The summed E-state index contributed by atoms with van der Waals surface area (Å²) in [5.41, 5.74) is 1.24. The summed E-state index contributed by atoms with van der Waals surface area (Å²) in [6.07, 6.45) is 2.09. The van der Waals surface area contributed by atoms with E-state index >= 15 is 0 Å². The lowest BCUT2D eigenvalue weighted by Crippen LogP contribution is -2.17. The monoisotopic (exact) mass is 285 g/mol. The number of anilines is 1. The Bertz CT molecular complexity index is 375. The molecule has 4 heteroatoms. The molecule has 0 atom stereocenters. The number of nitrogens with one attached hydrogen (secondary N) is 1. The summed E-state index contributed by atoms with van der Waals surface area (Å²) in [7, 11) is 0. The van der Waals surface area contributed by atoms with Crippen LogP contribution in [0.5, 0.6) is 0 Å². The van der Waals surface area contributed by atoms with Crippen molar-refractivity contribution in [3.8, 4) is 0 Å². The molecule has 1 aromatic rings. The van der Waals surface area contributed by atoms with Crippen LogP contribution in [0.1, 0.15) is 37.0 Å². The third kappa shape index (κ3) is 3.23. The summed E-state index contributed by atoms with van der Waals surface area (Å²) < 4.78 is 0.791. The Morgan fingerprint density at radius 3 is 2.50 bits per heavy atom. The summed E-state index contributed by atoms with van der Waals surface area (Å²) in [6, 6.07) is 5.45. The van der Waals surface area contributed by atoms with Crippen molar-refractivity contribution in [2.75, 3.05) is 5.32 Å². The fourth-order valence-corrected chi connectivity index (χ4v) is 1.97. The normalized spacial score (nSPS) is 10.5. The van der Waals surface area contributed by atoms with Crippen LogP contribution in [0.4, 0.5) is 5.69 Å². The summed E-state index contributed by atoms with van der Waals surface area (Å²) >= 11 is 3.38. The zero-order valence-electron chi connectivity index (χ0n) is 9.46. The van der Waals surface area contributed by atoms with E-state index in [9.17, 15) is 4.79 Å². The van der Waals surface area contributed by atoms with Gasteiger partial charge in [-0.15, -0.1) is 0 Å². The molecule has 0 aliphatic heterocycles. The van der Waals surface area contributed by atoms with Crippen LogP contribution >= 0.6 is 15.9 Å². The molecular formula is C12H16BrNO2. The fraction of sp³-hybridized carbons (Fsp3) is 0.417. The third-order valence-corrected chi connectivity index (χ3v) is 3.22. The third-order valence-electron chi connectivity index (χ3n) is 2.56. The minimum atomic E-state index is -0.908. The summed E-state index contributed by atoms with van der Waals surface area (Å²) in [6.45, 7) is 4.25. The quantitative estimate of drug-likeness (QED) is 0.866. The molecule has 0 bridgehead atoms. The largest absolute Gasteiger partial charge is 0.478 e. The van der Waals surface area contributed by atoms with E-state index in [4.69, 9.17) is 5.11 Å². The van der Waals surface area contributed by atoms with Crippen molar-refractivity contribution in [2.24, 2.45) is 0 Å². The highest BCUT2D eigenvalue weighted by Crippen LogP contribution is 2.25. The molecule has 2 N–H and O–H groups in total. The number of benzene rings is 1. The topological polar surface area (TPSA) is 49.3 Å². The number of rotatable bonds is 5. The second-order valence-corrected chi connectivity index (χ2v) is 4.51. The van der Waals surface area contributed by atoms with Gasteiger partial charge in [0.15, 0.2) is 0 Å². The Morgan fingerprint density at radius 1 is 1.44 bits per heavy atom. The van der Waals surface area contributed by atoms with Gasteiger partial charge in [-0.1, -0.05) is 13.8 Å². The molecule has 0 amide bonds. The van der Waals surface area contributed by atoms with E-state index in [-0.39, 0.29) is 0 Å². The first-order valence-corrected chi connectivity index (χ1v) is 6.17. The van der Waals surface area contributed by atoms with Gasteiger partial charge < -0.3 is 10.4 Å². The second-order valence-electron chi connectivity index (χ2n) is 3.66.